The average molecular weight is 317 g/mol. The molecule has 4 heterocycles. The number of rotatable bonds is 3. The van der Waals surface area contributed by atoms with Gasteiger partial charge in [-0.1, -0.05) is 0 Å². The average Bonchev–Trinajstić information content (AvgIpc) is 2.83. The second-order valence-corrected chi connectivity index (χ2v) is 6.54. The van der Waals surface area contributed by atoms with Gasteiger partial charge < -0.3 is 19.9 Å². The molecule has 0 bridgehead atoms. The number of aromatic nitrogens is 4. The third-order valence-electron chi connectivity index (χ3n) is 4.94. The van der Waals surface area contributed by atoms with Crippen LogP contribution in [0.4, 0.5) is 5.82 Å². The van der Waals surface area contributed by atoms with Crippen molar-refractivity contribution in [1.29, 1.82) is 0 Å². The normalized spacial score (nSPS) is 33.3. The fraction of sp³-hybridized carbons (Fsp3) is 0.667. The number of nitrogen functional groups attached to an aromatic ring is 1. The molecule has 3 fully saturated rings. The lowest BCUT2D eigenvalue weighted by Gasteiger charge is -2.17. The maximum atomic E-state index is 6.04. The molecule has 2 aromatic heterocycles. The lowest BCUT2D eigenvalue weighted by Crippen LogP contribution is -2.17. The number of anilines is 1. The molecule has 8 heteroatoms. The van der Waals surface area contributed by atoms with Gasteiger partial charge in [-0.15, -0.1) is 0 Å². The van der Waals surface area contributed by atoms with Crippen molar-refractivity contribution in [2.45, 2.75) is 63.3 Å². The van der Waals surface area contributed by atoms with E-state index >= 15 is 0 Å². The van der Waals surface area contributed by atoms with Crippen LogP contribution in [0.3, 0.4) is 0 Å². The van der Waals surface area contributed by atoms with Gasteiger partial charge >= 0.3 is 6.01 Å². The third-order valence-corrected chi connectivity index (χ3v) is 4.94. The van der Waals surface area contributed by atoms with Crippen molar-refractivity contribution >= 4 is 17.0 Å². The van der Waals surface area contributed by atoms with Gasteiger partial charge in [-0.3, -0.25) is 4.57 Å². The Morgan fingerprint density at radius 2 is 2.04 bits per heavy atom. The first-order valence-electron chi connectivity index (χ1n) is 8.18. The Bertz CT molecular complexity index is 757. The molecule has 0 radical (unpaired) electrons. The van der Waals surface area contributed by atoms with Crippen molar-refractivity contribution in [3.8, 4) is 6.01 Å². The lowest BCUT2D eigenvalue weighted by atomic mass is 10.2. The fourth-order valence-electron chi connectivity index (χ4n) is 3.65. The van der Waals surface area contributed by atoms with E-state index in [0.717, 1.165) is 12.8 Å². The molecule has 8 nitrogen and oxygen atoms in total. The Hall–Kier alpha value is -1.93. The summed E-state index contributed by atoms with van der Waals surface area (Å²) in [5.74, 6) is 0.334. The van der Waals surface area contributed by atoms with Gasteiger partial charge in [0.15, 0.2) is 23.2 Å². The minimum atomic E-state index is -0.214. The van der Waals surface area contributed by atoms with Crippen molar-refractivity contribution in [3.63, 3.8) is 0 Å². The van der Waals surface area contributed by atoms with Gasteiger partial charge in [-0.25, -0.2) is 4.98 Å². The Kier molecular flexibility index (Phi) is 2.81. The predicted octanol–water partition coefficient (Wildman–Crippen LogP) is 1.41. The molecule has 4 atom stereocenters. The fourth-order valence-corrected chi connectivity index (χ4v) is 3.65. The van der Waals surface area contributed by atoms with Gasteiger partial charge in [0.25, 0.3) is 0 Å². The SMILES string of the molecule is C[C@H]1O[C@@H](n2cnc3c(N)nc(OC4CCCC4)nc32)[C@H]2O[C@@H]21. The summed E-state index contributed by atoms with van der Waals surface area (Å²) in [7, 11) is 0. The molecule has 1 saturated carbocycles. The first kappa shape index (κ1) is 13.5. The van der Waals surface area contributed by atoms with E-state index in [9.17, 15) is 0 Å². The maximum Gasteiger partial charge on any atom is 0.320 e. The maximum absolute atomic E-state index is 6.04. The van der Waals surface area contributed by atoms with Gasteiger partial charge in [0.1, 0.15) is 18.3 Å². The zero-order chi connectivity index (χ0) is 15.6. The van der Waals surface area contributed by atoms with E-state index < -0.39 is 0 Å². The van der Waals surface area contributed by atoms with Crippen LogP contribution in [0.1, 0.15) is 38.8 Å². The molecule has 2 saturated heterocycles. The van der Waals surface area contributed by atoms with Crippen LogP contribution in [0, 0.1) is 0 Å². The molecule has 5 rings (SSSR count). The summed E-state index contributed by atoms with van der Waals surface area (Å²) in [5.41, 5.74) is 7.25. The second-order valence-electron chi connectivity index (χ2n) is 6.54. The highest BCUT2D eigenvalue weighted by molar-refractivity contribution is 5.82. The zero-order valence-electron chi connectivity index (χ0n) is 12.9. The summed E-state index contributed by atoms with van der Waals surface area (Å²) in [4.78, 5) is 13.1. The second kappa shape index (κ2) is 4.78. The molecule has 2 N–H and O–H groups in total. The van der Waals surface area contributed by atoms with Crippen molar-refractivity contribution < 1.29 is 14.2 Å². The summed E-state index contributed by atoms with van der Waals surface area (Å²) in [6.07, 6.45) is 6.44. The first-order valence-corrected chi connectivity index (χ1v) is 8.18. The quantitative estimate of drug-likeness (QED) is 0.854. The van der Waals surface area contributed by atoms with Crippen molar-refractivity contribution in [2.75, 3.05) is 5.73 Å². The third kappa shape index (κ3) is 2.08. The predicted molar refractivity (Wildman–Crippen MR) is 80.9 cm³/mol. The van der Waals surface area contributed by atoms with Crippen LogP contribution in [-0.4, -0.2) is 43.9 Å². The summed E-state index contributed by atoms with van der Waals surface area (Å²) in [6, 6.07) is 0.322. The highest BCUT2D eigenvalue weighted by Crippen LogP contribution is 2.45. The number of epoxide rings is 1. The van der Waals surface area contributed by atoms with Crippen LogP contribution in [-0.2, 0) is 9.47 Å². The number of hydrogen-bond acceptors (Lipinski definition) is 7. The van der Waals surface area contributed by atoms with E-state index in [1.165, 1.54) is 12.8 Å². The summed E-state index contributed by atoms with van der Waals surface area (Å²) in [6.45, 7) is 2.02. The molecule has 0 aromatic carbocycles. The molecule has 23 heavy (non-hydrogen) atoms. The largest absolute Gasteiger partial charge is 0.460 e. The van der Waals surface area contributed by atoms with E-state index in [1.807, 2.05) is 11.5 Å². The van der Waals surface area contributed by atoms with Gasteiger partial charge in [-0.2, -0.15) is 9.97 Å². The van der Waals surface area contributed by atoms with Crippen LogP contribution >= 0.6 is 0 Å². The van der Waals surface area contributed by atoms with Crippen LogP contribution in [0.2, 0.25) is 0 Å². The van der Waals surface area contributed by atoms with Crippen LogP contribution in [0.25, 0.3) is 11.2 Å². The molecule has 0 amide bonds. The van der Waals surface area contributed by atoms with Crippen LogP contribution in [0.15, 0.2) is 6.33 Å². The van der Waals surface area contributed by atoms with E-state index in [1.54, 1.807) is 6.33 Å². The van der Waals surface area contributed by atoms with E-state index in [4.69, 9.17) is 19.9 Å². The first-order chi connectivity index (χ1) is 11.2. The summed E-state index contributed by atoms with van der Waals surface area (Å²) < 4.78 is 19.4. The Balaban J connectivity index is 1.52. The molecule has 2 aliphatic heterocycles. The number of nitrogens with zero attached hydrogens (tertiary/aromatic N) is 4. The summed E-state index contributed by atoms with van der Waals surface area (Å²) in [5, 5.41) is 0. The monoisotopic (exact) mass is 317 g/mol. The zero-order valence-corrected chi connectivity index (χ0v) is 12.9. The molecule has 122 valence electrons. The molecular formula is C15H19N5O3. The Labute approximate surface area is 133 Å². The van der Waals surface area contributed by atoms with Crippen LogP contribution < -0.4 is 10.5 Å². The topological polar surface area (TPSA) is 101 Å². The molecule has 0 unspecified atom stereocenters. The van der Waals surface area contributed by atoms with Crippen molar-refractivity contribution in [2.24, 2.45) is 0 Å². The summed E-state index contributed by atoms with van der Waals surface area (Å²) >= 11 is 0. The highest BCUT2D eigenvalue weighted by atomic mass is 16.7. The minimum Gasteiger partial charge on any atom is -0.460 e. The molecular weight excluding hydrogens is 298 g/mol. The molecule has 0 spiro atoms. The van der Waals surface area contributed by atoms with Gasteiger partial charge in [0.05, 0.1) is 12.4 Å². The van der Waals surface area contributed by atoms with Gasteiger partial charge in [-0.05, 0) is 32.6 Å². The highest BCUT2D eigenvalue weighted by Gasteiger charge is 2.57. The number of imidazole rings is 1. The molecule has 1 aliphatic carbocycles. The van der Waals surface area contributed by atoms with Gasteiger partial charge in [0.2, 0.25) is 0 Å². The number of fused-ring (bicyclic) bond motifs is 2. The molecule has 2 aromatic rings. The number of ether oxygens (including phenoxy) is 3. The van der Waals surface area contributed by atoms with E-state index in [-0.39, 0.29) is 30.6 Å². The Morgan fingerprint density at radius 1 is 1.22 bits per heavy atom. The van der Waals surface area contributed by atoms with Crippen molar-refractivity contribution in [3.05, 3.63) is 6.33 Å². The lowest BCUT2D eigenvalue weighted by molar-refractivity contribution is -0.0569. The molecule has 3 aliphatic rings. The Morgan fingerprint density at radius 3 is 2.74 bits per heavy atom. The van der Waals surface area contributed by atoms with Crippen molar-refractivity contribution in [1.82, 2.24) is 19.5 Å². The van der Waals surface area contributed by atoms with E-state index in [0.29, 0.717) is 23.0 Å². The van der Waals surface area contributed by atoms with E-state index in [2.05, 4.69) is 15.0 Å². The van der Waals surface area contributed by atoms with Crippen LogP contribution in [0.5, 0.6) is 6.01 Å². The standard InChI is InChI=1S/C15H19N5O3/c1-7-10-11(23-10)14(21-7)20-6-17-9-12(16)18-15(19-13(9)20)22-8-4-2-3-5-8/h6-8,10-11,14H,2-5H2,1H3,(H2,16,18,19)/t7-,10-,11+,14-/m1/s1. The minimum absolute atomic E-state index is 0.0674. The number of nitrogens with two attached hydrogens (primary N) is 1. The number of hydrogen-bond donors (Lipinski definition) is 1. The smallest absolute Gasteiger partial charge is 0.320 e. The van der Waals surface area contributed by atoms with Gasteiger partial charge in [0, 0.05) is 0 Å².